The van der Waals surface area contributed by atoms with Crippen molar-refractivity contribution in [3.63, 3.8) is 0 Å². The Morgan fingerprint density at radius 1 is 1.20 bits per heavy atom. The summed E-state index contributed by atoms with van der Waals surface area (Å²) in [7, 11) is 0. The fourth-order valence-corrected chi connectivity index (χ4v) is 1.96. The molecule has 0 aliphatic heterocycles. The first-order valence-electron chi connectivity index (χ1n) is 6.05. The van der Waals surface area contributed by atoms with Crippen LogP contribution < -0.4 is 10.1 Å². The third-order valence-electron chi connectivity index (χ3n) is 2.53. The van der Waals surface area contributed by atoms with Gasteiger partial charge in [-0.3, -0.25) is 10.1 Å². The lowest BCUT2D eigenvalue weighted by atomic mass is 10.2. The van der Waals surface area contributed by atoms with Gasteiger partial charge in [0.2, 0.25) is 0 Å². The van der Waals surface area contributed by atoms with E-state index < -0.39 is 4.92 Å². The predicted molar refractivity (Wildman–Crippen MR) is 81.5 cm³/mol. The quantitative estimate of drug-likeness (QED) is 0.641. The summed E-state index contributed by atoms with van der Waals surface area (Å²) >= 11 is 3.34. The van der Waals surface area contributed by atoms with Crippen LogP contribution in [0, 0.1) is 10.1 Å². The van der Waals surface area contributed by atoms with Gasteiger partial charge < -0.3 is 10.1 Å². The number of benzene rings is 2. The Kier molecular flexibility index (Phi) is 4.57. The minimum Gasteiger partial charge on any atom is -0.457 e. The fraction of sp³-hybridized carbons (Fsp3) is 0.143. The Balaban J connectivity index is 2.29. The van der Waals surface area contributed by atoms with Crippen LogP contribution in [0.3, 0.4) is 0 Å². The van der Waals surface area contributed by atoms with Crippen molar-refractivity contribution in [2.24, 2.45) is 0 Å². The van der Waals surface area contributed by atoms with E-state index in [1.54, 1.807) is 18.2 Å². The number of nitro groups is 1. The van der Waals surface area contributed by atoms with Crippen LogP contribution in [-0.4, -0.2) is 11.5 Å². The number of nitrogens with zero attached hydrogens (tertiary/aromatic N) is 1. The molecule has 1 N–H and O–H groups in total. The third-order valence-corrected chi connectivity index (χ3v) is 3.06. The van der Waals surface area contributed by atoms with E-state index in [4.69, 9.17) is 4.74 Å². The normalized spacial score (nSPS) is 10.1. The van der Waals surface area contributed by atoms with Gasteiger partial charge in [0, 0.05) is 28.8 Å². The maximum Gasteiger partial charge on any atom is 0.275 e. The fourth-order valence-electron chi connectivity index (χ4n) is 1.69. The highest BCUT2D eigenvalue weighted by Gasteiger charge is 2.11. The van der Waals surface area contributed by atoms with Crippen molar-refractivity contribution in [3.8, 4) is 11.5 Å². The summed E-state index contributed by atoms with van der Waals surface area (Å²) in [6, 6.07) is 11.9. The first-order valence-corrected chi connectivity index (χ1v) is 6.84. The topological polar surface area (TPSA) is 64.4 Å². The van der Waals surface area contributed by atoms with Gasteiger partial charge in [-0.05, 0) is 31.2 Å². The monoisotopic (exact) mass is 336 g/mol. The Morgan fingerprint density at radius 2 is 1.90 bits per heavy atom. The van der Waals surface area contributed by atoms with Crippen LogP contribution in [0.2, 0.25) is 0 Å². The maximum absolute atomic E-state index is 10.9. The second-order valence-corrected chi connectivity index (χ2v) is 4.97. The molecule has 0 saturated heterocycles. The van der Waals surface area contributed by atoms with Gasteiger partial charge in [0.1, 0.15) is 11.5 Å². The molecule has 0 radical (unpaired) electrons. The van der Waals surface area contributed by atoms with Crippen molar-refractivity contribution < 1.29 is 9.66 Å². The molecule has 0 unspecified atom stereocenters. The summed E-state index contributed by atoms with van der Waals surface area (Å²) in [5, 5.41) is 14.0. The molecule has 0 aromatic heterocycles. The van der Waals surface area contributed by atoms with Crippen molar-refractivity contribution in [1.29, 1.82) is 0 Å². The van der Waals surface area contributed by atoms with E-state index in [1.807, 2.05) is 19.1 Å². The smallest absolute Gasteiger partial charge is 0.275 e. The molecular weight excluding hydrogens is 324 g/mol. The molecule has 104 valence electrons. The zero-order valence-electron chi connectivity index (χ0n) is 10.8. The molecule has 0 saturated carbocycles. The number of non-ortho nitro benzene ring substituents is 1. The van der Waals surface area contributed by atoms with Crippen molar-refractivity contribution in [2.75, 3.05) is 11.9 Å². The highest BCUT2D eigenvalue weighted by molar-refractivity contribution is 9.10. The van der Waals surface area contributed by atoms with Crippen molar-refractivity contribution in [1.82, 2.24) is 0 Å². The summed E-state index contributed by atoms with van der Waals surface area (Å²) in [4.78, 5) is 10.5. The molecule has 2 aromatic rings. The number of anilines is 1. The van der Waals surface area contributed by atoms with E-state index in [9.17, 15) is 10.1 Å². The van der Waals surface area contributed by atoms with Crippen molar-refractivity contribution >= 4 is 27.3 Å². The van der Waals surface area contributed by atoms with E-state index >= 15 is 0 Å². The van der Waals surface area contributed by atoms with Gasteiger partial charge >= 0.3 is 0 Å². The van der Waals surface area contributed by atoms with Gasteiger partial charge in [-0.25, -0.2) is 0 Å². The Bertz CT molecular complexity index is 614. The Hall–Kier alpha value is -2.08. The number of rotatable bonds is 5. The van der Waals surface area contributed by atoms with Gasteiger partial charge in [0.15, 0.2) is 0 Å². The van der Waals surface area contributed by atoms with Gasteiger partial charge in [-0.2, -0.15) is 0 Å². The van der Waals surface area contributed by atoms with Gasteiger partial charge in [0.05, 0.1) is 11.0 Å². The average Bonchev–Trinajstić information content (AvgIpc) is 2.41. The number of nitro benzene ring substituents is 1. The van der Waals surface area contributed by atoms with Crippen LogP contribution in [0.1, 0.15) is 6.92 Å². The molecule has 0 bridgehead atoms. The minimum absolute atomic E-state index is 0.00411. The van der Waals surface area contributed by atoms with Crippen molar-refractivity contribution in [3.05, 3.63) is 57.1 Å². The van der Waals surface area contributed by atoms with E-state index in [-0.39, 0.29) is 5.69 Å². The van der Waals surface area contributed by atoms with E-state index in [0.29, 0.717) is 23.7 Å². The summed E-state index contributed by atoms with van der Waals surface area (Å²) in [6.45, 7) is 2.60. The lowest BCUT2D eigenvalue weighted by Gasteiger charge is -2.09. The molecular formula is C14H13BrN2O3. The highest BCUT2D eigenvalue weighted by atomic mass is 79.9. The van der Waals surface area contributed by atoms with Gasteiger partial charge in [-0.1, -0.05) is 15.9 Å². The lowest BCUT2D eigenvalue weighted by Crippen LogP contribution is -1.98. The van der Waals surface area contributed by atoms with E-state index in [2.05, 4.69) is 21.2 Å². The lowest BCUT2D eigenvalue weighted by molar-refractivity contribution is -0.384. The highest BCUT2D eigenvalue weighted by Crippen LogP contribution is 2.30. The largest absolute Gasteiger partial charge is 0.457 e. The first kappa shape index (κ1) is 14.3. The van der Waals surface area contributed by atoms with Crippen LogP contribution in [0.25, 0.3) is 0 Å². The maximum atomic E-state index is 10.9. The SMILES string of the molecule is CCNc1cc(Oc2ccc(Br)cc2)cc([N+](=O)[O-])c1. The second-order valence-electron chi connectivity index (χ2n) is 4.06. The minimum atomic E-state index is -0.435. The second kappa shape index (κ2) is 6.38. The van der Waals surface area contributed by atoms with Crippen LogP contribution in [0.4, 0.5) is 11.4 Å². The summed E-state index contributed by atoms with van der Waals surface area (Å²) in [5.41, 5.74) is 0.657. The van der Waals surface area contributed by atoms with Crippen LogP contribution >= 0.6 is 15.9 Å². The third kappa shape index (κ3) is 3.71. The molecule has 0 amide bonds. The first-order chi connectivity index (χ1) is 9.58. The van der Waals surface area contributed by atoms with Crippen LogP contribution in [-0.2, 0) is 0 Å². The van der Waals surface area contributed by atoms with Gasteiger partial charge in [0.25, 0.3) is 5.69 Å². The average molecular weight is 337 g/mol. The van der Waals surface area contributed by atoms with Crippen LogP contribution in [0.15, 0.2) is 46.9 Å². The van der Waals surface area contributed by atoms with Crippen molar-refractivity contribution in [2.45, 2.75) is 6.92 Å². The molecule has 5 nitrogen and oxygen atoms in total. The molecule has 2 aromatic carbocycles. The number of halogens is 1. The molecule has 0 aliphatic rings. The van der Waals surface area contributed by atoms with E-state index in [1.165, 1.54) is 12.1 Å². The summed E-state index contributed by atoms with van der Waals surface area (Å²) < 4.78 is 6.59. The molecule has 2 rings (SSSR count). The Morgan fingerprint density at radius 3 is 2.50 bits per heavy atom. The zero-order valence-corrected chi connectivity index (χ0v) is 12.4. The van der Waals surface area contributed by atoms with Gasteiger partial charge in [-0.15, -0.1) is 0 Å². The molecule has 0 fully saturated rings. The standard InChI is InChI=1S/C14H13BrN2O3/c1-2-16-11-7-12(17(18)19)9-14(8-11)20-13-5-3-10(15)4-6-13/h3-9,16H,2H2,1H3. The summed E-state index contributed by atoms with van der Waals surface area (Å²) in [5.74, 6) is 1.05. The number of nitrogens with one attached hydrogen (secondary N) is 1. The number of hydrogen-bond donors (Lipinski definition) is 1. The molecule has 0 spiro atoms. The molecule has 0 atom stereocenters. The van der Waals surface area contributed by atoms with E-state index in [0.717, 1.165) is 4.47 Å². The number of ether oxygens (including phenoxy) is 1. The molecule has 6 heteroatoms. The predicted octanol–water partition coefficient (Wildman–Crippen LogP) is 4.58. The Labute approximate surface area is 124 Å². The zero-order chi connectivity index (χ0) is 14.5. The summed E-state index contributed by atoms with van der Waals surface area (Å²) in [6.07, 6.45) is 0. The molecule has 20 heavy (non-hydrogen) atoms. The molecule has 0 heterocycles. The number of hydrogen-bond acceptors (Lipinski definition) is 4. The molecule has 0 aliphatic carbocycles. The van der Waals surface area contributed by atoms with Crippen LogP contribution in [0.5, 0.6) is 11.5 Å².